The Hall–Kier alpha value is -2.45. The molecule has 2 N–H and O–H groups in total. The molecule has 1 amide bonds. The summed E-state index contributed by atoms with van der Waals surface area (Å²) in [6, 6.07) is 0.279. The molecule has 0 saturated heterocycles. The molecule has 1 unspecified atom stereocenters. The minimum Gasteiger partial charge on any atom is -0.480 e. The molecule has 1 atom stereocenters. The Balaban J connectivity index is 1.92. The number of carbonyl (C=O) groups excluding carboxylic acids is 1. The minimum absolute atomic E-state index is 0.0200. The molecule has 1 aromatic rings. The molecule has 0 aliphatic heterocycles. The number of hydrogen-bond donors (Lipinski definition) is 2. The molecule has 1 fully saturated rings. The number of amides is 1. The zero-order valence-electron chi connectivity index (χ0n) is 9.85. The second kappa shape index (κ2) is 5.04. The van der Waals surface area contributed by atoms with Crippen LogP contribution in [0.5, 0.6) is 0 Å². The van der Waals surface area contributed by atoms with Gasteiger partial charge in [0, 0.05) is 0 Å². The summed E-state index contributed by atoms with van der Waals surface area (Å²) in [5, 5.41) is 25.3. The monoisotopic (exact) mass is 268 g/mol. The highest BCUT2D eigenvalue weighted by Gasteiger charge is 2.37. The van der Waals surface area contributed by atoms with E-state index in [1.165, 1.54) is 12.3 Å². The fourth-order valence-electron chi connectivity index (χ4n) is 1.71. The number of aliphatic carboxylic acids is 1. The molecule has 19 heavy (non-hydrogen) atoms. The van der Waals surface area contributed by atoms with E-state index in [0.717, 1.165) is 17.5 Å². The Morgan fingerprint density at radius 2 is 2.32 bits per heavy atom. The van der Waals surface area contributed by atoms with Crippen LogP contribution in [0.1, 0.15) is 12.8 Å². The van der Waals surface area contributed by atoms with Gasteiger partial charge in [-0.2, -0.15) is 4.68 Å². The van der Waals surface area contributed by atoms with Crippen molar-refractivity contribution in [3.63, 3.8) is 0 Å². The number of aromatic nitrogens is 2. The number of nitro groups is 1. The van der Waals surface area contributed by atoms with Gasteiger partial charge in [-0.15, -0.1) is 0 Å². The van der Waals surface area contributed by atoms with Crippen LogP contribution in [-0.2, 0) is 16.1 Å². The lowest BCUT2D eigenvalue weighted by Gasteiger charge is -2.12. The van der Waals surface area contributed by atoms with Crippen LogP contribution < -0.4 is 5.32 Å². The van der Waals surface area contributed by atoms with Crippen LogP contribution in [0.25, 0.3) is 0 Å². The average molecular weight is 268 g/mol. The molecule has 1 aliphatic carbocycles. The molecule has 1 saturated carbocycles. The van der Waals surface area contributed by atoms with Crippen molar-refractivity contribution in [3.8, 4) is 0 Å². The number of rotatable bonds is 6. The fraction of sp³-hybridized carbons (Fsp3) is 0.500. The van der Waals surface area contributed by atoms with E-state index in [4.69, 9.17) is 5.11 Å². The number of carboxylic acid groups (broad SMARTS) is 1. The predicted molar refractivity (Wildman–Crippen MR) is 61.2 cm³/mol. The van der Waals surface area contributed by atoms with Crippen LogP contribution >= 0.6 is 0 Å². The predicted octanol–water partition coefficient (Wildman–Crippen LogP) is -0.229. The summed E-state index contributed by atoms with van der Waals surface area (Å²) in [6.45, 7) is -0.246. The smallest absolute Gasteiger partial charge is 0.389 e. The minimum atomic E-state index is -1.07. The molecule has 1 heterocycles. The van der Waals surface area contributed by atoms with Gasteiger partial charge in [-0.05, 0) is 23.7 Å². The third-order valence-electron chi connectivity index (χ3n) is 2.80. The lowest BCUT2D eigenvalue weighted by molar-refractivity contribution is -0.389. The first-order valence-electron chi connectivity index (χ1n) is 5.67. The van der Waals surface area contributed by atoms with Crippen LogP contribution in [-0.4, -0.2) is 37.7 Å². The van der Waals surface area contributed by atoms with Crippen molar-refractivity contribution in [2.45, 2.75) is 25.4 Å². The summed E-state index contributed by atoms with van der Waals surface area (Å²) in [5.41, 5.74) is 0. The Kier molecular flexibility index (Phi) is 3.45. The van der Waals surface area contributed by atoms with E-state index in [-0.39, 0.29) is 18.3 Å². The van der Waals surface area contributed by atoms with Gasteiger partial charge in [0.15, 0.2) is 0 Å². The first-order valence-corrected chi connectivity index (χ1v) is 5.67. The number of hydrogen-bond acceptors (Lipinski definition) is 5. The van der Waals surface area contributed by atoms with E-state index in [9.17, 15) is 19.7 Å². The van der Waals surface area contributed by atoms with Crippen molar-refractivity contribution in [1.29, 1.82) is 0 Å². The van der Waals surface area contributed by atoms with Crippen molar-refractivity contribution < 1.29 is 19.6 Å². The highest BCUT2D eigenvalue weighted by atomic mass is 16.6. The van der Waals surface area contributed by atoms with Gasteiger partial charge in [-0.25, -0.2) is 4.79 Å². The van der Waals surface area contributed by atoms with E-state index in [1.54, 1.807) is 0 Å². The van der Waals surface area contributed by atoms with Crippen LogP contribution in [0.4, 0.5) is 5.82 Å². The third-order valence-corrected chi connectivity index (χ3v) is 2.80. The largest absolute Gasteiger partial charge is 0.480 e. The lowest BCUT2D eigenvalue weighted by atomic mass is 10.2. The van der Waals surface area contributed by atoms with E-state index < -0.39 is 22.8 Å². The second-order valence-electron chi connectivity index (χ2n) is 4.35. The van der Waals surface area contributed by atoms with E-state index in [0.29, 0.717) is 0 Å². The summed E-state index contributed by atoms with van der Waals surface area (Å²) >= 11 is 0. The Morgan fingerprint density at radius 3 is 2.79 bits per heavy atom. The van der Waals surface area contributed by atoms with Gasteiger partial charge in [0.25, 0.3) is 0 Å². The fourth-order valence-corrected chi connectivity index (χ4v) is 1.71. The van der Waals surface area contributed by atoms with Crippen LogP contribution in [0.2, 0.25) is 0 Å². The summed E-state index contributed by atoms with van der Waals surface area (Å²) in [7, 11) is 0. The zero-order chi connectivity index (χ0) is 14.0. The van der Waals surface area contributed by atoms with Gasteiger partial charge in [0.2, 0.25) is 5.91 Å². The quantitative estimate of drug-likeness (QED) is 0.542. The van der Waals surface area contributed by atoms with E-state index >= 15 is 0 Å². The first-order chi connectivity index (χ1) is 8.97. The highest BCUT2D eigenvalue weighted by Crippen LogP contribution is 2.32. The van der Waals surface area contributed by atoms with E-state index in [2.05, 4.69) is 10.4 Å². The van der Waals surface area contributed by atoms with Crippen molar-refractivity contribution in [1.82, 2.24) is 15.1 Å². The summed E-state index contributed by atoms with van der Waals surface area (Å²) in [4.78, 5) is 32.3. The van der Waals surface area contributed by atoms with Gasteiger partial charge in [0.05, 0.1) is 17.4 Å². The second-order valence-corrected chi connectivity index (χ2v) is 4.35. The van der Waals surface area contributed by atoms with Gasteiger partial charge in [0.1, 0.15) is 12.6 Å². The maximum absolute atomic E-state index is 11.6. The lowest BCUT2D eigenvalue weighted by Crippen LogP contribution is -2.43. The molecule has 0 aromatic carbocycles. The molecule has 9 nitrogen and oxygen atoms in total. The number of nitrogens with one attached hydrogen (secondary N) is 1. The van der Waals surface area contributed by atoms with Gasteiger partial charge < -0.3 is 20.5 Å². The van der Waals surface area contributed by atoms with Crippen LogP contribution in [0.15, 0.2) is 12.3 Å². The molecule has 1 aromatic heterocycles. The Labute approximate surface area is 107 Å². The zero-order valence-corrected chi connectivity index (χ0v) is 9.85. The first kappa shape index (κ1) is 13.0. The van der Waals surface area contributed by atoms with Crippen molar-refractivity contribution in [2.24, 2.45) is 5.92 Å². The molecule has 1 aliphatic rings. The number of carbonyl (C=O) groups is 2. The SMILES string of the molecule is O=C(Cn1ccc([N+](=O)[O-])n1)NC(C(=O)O)C1CC1. The summed E-state index contributed by atoms with van der Waals surface area (Å²) in [6.07, 6.45) is 2.86. The normalized spacial score (nSPS) is 15.8. The topological polar surface area (TPSA) is 127 Å². The maximum atomic E-state index is 11.6. The van der Waals surface area contributed by atoms with Crippen molar-refractivity contribution in [2.75, 3.05) is 0 Å². The summed E-state index contributed by atoms with van der Waals surface area (Å²) < 4.78 is 1.10. The number of carboxylic acids is 1. The molecule has 102 valence electrons. The van der Waals surface area contributed by atoms with Crippen molar-refractivity contribution in [3.05, 3.63) is 22.4 Å². The molecular weight excluding hydrogens is 256 g/mol. The standard InChI is InChI=1S/C10H12N4O5/c15-8(11-9(10(16)17)6-1-2-6)5-13-4-3-7(12-13)14(18)19/h3-4,6,9H,1-2,5H2,(H,11,15)(H,16,17). The Bertz CT molecular complexity index is 522. The molecule has 0 radical (unpaired) electrons. The van der Waals surface area contributed by atoms with E-state index in [1.807, 2.05) is 0 Å². The molecular formula is C10H12N4O5. The van der Waals surface area contributed by atoms with Gasteiger partial charge >= 0.3 is 11.8 Å². The average Bonchev–Trinajstić information content (AvgIpc) is 3.05. The molecule has 0 bridgehead atoms. The number of nitrogens with zero attached hydrogens (tertiary/aromatic N) is 3. The maximum Gasteiger partial charge on any atom is 0.389 e. The molecule has 2 rings (SSSR count). The molecule has 0 spiro atoms. The molecule has 9 heteroatoms. The van der Waals surface area contributed by atoms with Crippen LogP contribution in [0.3, 0.4) is 0 Å². The summed E-state index contributed by atoms with van der Waals surface area (Å²) in [5.74, 6) is -1.97. The van der Waals surface area contributed by atoms with Gasteiger partial charge in [-0.3, -0.25) is 4.79 Å². The van der Waals surface area contributed by atoms with Gasteiger partial charge in [-0.1, -0.05) is 0 Å². The Morgan fingerprint density at radius 1 is 1.63 bits per heavy atom. The van der Waals surface area contributed by atoms with Crippen molar-refractivity contribution >= 4 is 17.7 Å². The third kappa shape index (κ3) is 3.27. The van der Waals surface area contributed by atoms with Crippen LogP contribution in [0, 0.1) is 16.0 Å². The highest BCUT2D eigenvalue weighted by molar-refractivity contribution is 5.83.